The van der Waals surface area contributed by atoms with Gasteiger partial charge in [0.15, 0.2) is 0 Å². The summed E-state index contributed by atoms with van der Waals surface area (Å²) in [6, 6.07) is 12.2. The van der Waals surface area contributed by atoms with E-state index in [0.29, 0.717) is 31.0 Å². The van der Waals surface area contributed by atoms with Crippen LogP contribution in [-0.4, -0.2) is 40.9 Å². The van der Waals surface area contributed by atoms with Gasteiger partial charge in [-0.2, -0.15) is 0 Å². The topological polar surface area (TPSA) is 97.5 Å². The monoisotopic (exact) mass is 354 g/mol. The molecule has 26 heavy (non-hydrogen) atoms. The summed E-state index contributed by atoms with van der Waals surface area (Å²) in [7, 11) is 1.55. The van der Waals surface area contributed by atoms with Crippen molar-refractivity contribution < 1.29 is 14.3 Å². The van der Waals surface area contributed by atoms with Crippen molar-refractivity contribution in [2.24, 2.45) is 5.73 Å². The highest BCUT2D eigenvalue weighted by Crippen LogP contribution is 2.27. The molecule has 0 aliphatic carbocycles. The van der Waals surface area contributed by atoms with Crippen LogP contribution in [0.3, 0.4) is 0 Å². The predicted molar refractivity (Wildman–Crippen MR) is 97.4 cm³/mol. The Morgan fingerprint density at radius 1 is 1.23 bits per heavy atom. The first-order valence-corrected chi connectivity index (χ1v) is 8.48. The molecule has 3 N–H and O–H groups in total. The van der Waals surface area contributed by atoms with Crippen LogP contribution in [-0.2, 0) is 16.1 Å². The smallest absolute Gasteiger partial charge is 0.242 e. The molecule has 1 aromatic carbocycles. The average molecular weight is 354 g/mol. The van der Waals surface area contributed by atoms with E-state index in [1.54, 1.807) is 25.4 Å². The maximum Gasteiger partial charge on any atom is 0.242 e. The molecule has 1 aromatic heterocycles. The number of nitrogens with zero attached hydrogens (tertiary/aromatic N) is 2. The molecule has 0 spiro atoms. The molecule has 136 valence electrons. The largest absolute Gasteiger partial charge is 0.497 e. The zero-order chi connectivity index (χ0) is 18.5. The lowest BCUT2D eigenvalue weighted by atomic mass is 10.1. The normalized spacial score (nSPS) is 19.9. The van der Waals surface area contributed by atoms with Crippen molar-refractivity contribution in [1.82, 2.24) is 9.88 Å². The van der Waals surface area contributed by atoms with E-state index in [4.69, 9.17) is 10.5 Å². The molecule has 0 unspecified atom stereocenters. The molecule has 7 nitrogen and oxygen atoms in total. The van der Waals surface area contributed by atoms with E-state index in [0.717, 1.165) is 5.56 Å². The third-order valence-corrected chi connectivity index (χ3v) is 4.57. The van der Waals surface area contributed by atoms with Crippen molar-refractivity contribution in [2.45, 2.75) is 31.5 Å². The molecule has 2 atom stereocenters. The minimum absolute atomic E-state index is 0.203. The Balaban J connectivity index is 1.77. The van der Waals surface area contributed by atoms with Crippen LogP contribution in [0, 0.1) is 0 Å². The maximum absolute atomic E-state index is 12.8. The molecule has 1 aliphatic heterocycles. The van der Waals surface area contributed by atoms with Crippen LogP contribution in [0.15, 0.2) is 48.7 Å². The Morgan fingerprint density at radius 2 is 1.96 bits per heavy atom. The molecule has 2 amide bonds. The molecule has 2 heterocycles. The molecule has 2 aromatic rings. The van der Waals surface area contributed by atoms with E-state index in [1.165, 1.54) is 0 Å². The standard InChI is InChI=1S/C19H22N4O3/c1-26-14-9-10-21-17(11-14)22-19(25)16-8-7-15(18(20)24)23(16)12-13-5-3-2-4-6-13/h2-6,9-11,15-16H,7-8,12H2,1H3,(H2,20,24)(H,21,22,25)/t15-,16+/m0/s1. The molecule has 1 aliphatic rings. The van der Waals surface area contributed by atoms with Crippen LogP contribution in [0.2, 0.25) is 0 Å². The lowest BCUT2D eigenvalue weighted by Gasteiger charge is -2.27. The number of methoxy groups -OCH3 is 1. The summed E-state index contributed by atoms with van der Waals surface area (Å²) in [6.45, 7) is 0.484. The van der Waals surface area contributed by atoms with Crippen molar-refractivity contribution in [3.05, 3.63) is 54.2 Å². The van der Waals surface area contributed by atoms with Crippen LogP contribution < -0.4 is 15.8 Å². The van der Waals surface area contributed by atoms with Gasteiger partial charge >= 0.3 is 0 Å². The summed E-state index contributed by atoms with van der Waals surface area (Å²) in [4.78, 5) is 30.6. The maximum atomic E-state index is 12.8. The first-order valence-electron chi connectivity index (χ1n) is 8.48. The molecular formula is C19H22N4O3. The van der Waals surface area contributed by atoms with Gasteiger partial charge in [0.1, 0.15) is 11.6 Å². The van der Waals surface area contributed by atoms with Crippen molar-refractivity contribution >= 4 is 17.6 Å². The van der Waals surface area contributed by atoms with Crippen molar-refractivity contribution in [1.29, 1.82) is 0 Å². The van der Waals surface area contributed by atoms with Crippen LogP contribution >= 0.6 is 0 Å². The molecule has 7 heteroatoms. The number of ether oxygens (including phenoxy) is 1. The SMILES string of the molecule is COc1ccnc(NC(=O)[C@H]2CC[C@@H](C(N)=O)N2Cc2ccccc2)c1. The molecule has 1 saturated heterocycles. The Hall–Kier alpha value is -2.93. The number of rotatable bonds is 6. The molecule has 0 bridgehead atoms. The lowest BCUT2D eigenvalue weighted by Crippen LogP contribution is -2.47. The fourth-order valence-corrected chi connectivity index (χ4v) is 3.28. The molecule has 1 fully saturated rings. The first-order chi connectivity index (χ1) is 12.6. The minimum atomic E-state index is -0.454. The number of hydrogen-bond donors (Lipinski definition) is 2. The number of primary amides is 1. The highest BCUT2D eigenvalue weighted by molar-refractivity contribution is 5.95. The van der Waals surface area contributed by atoms with Crippen molar-refractivity contribution in [3.8, 4) is 5.75 Å². The number of benzene rings is 1. The van der Waals surface area contributed by atoms with Gasteiger partial charge in [-0.25, -0.2) is 4.98 Å². The van der Waals surface area contributed by atoms with Gasteiger partial charge in [-0.15, -0.1) is 0 Å². The van der Waals surface area contributed by atoms with Gasteiger partial charge in [0.25, 0.3) is 0 Å². The summed E-state index contributed by atoms with van der Waals surface area (Å²) < 4.78 is 5.15. The van der Waals surface area contributed by atoms with E-state index >= 15 is 0 Å². The minimum Gasteiger partial charge on any atom is -0.497 e. The molecule has 0 radical (unpaired) electrons. The Labute approximate surface area is 152 Å². The van der Waals surface area contributed by atoms with Crippen molar-refractivity contribution in [3.63, 3.8) is 0 Å². The number of anilines is 1. The van der Waals surface area contributed by atoms with Gasteiger partial charge in [-0.3, -0.25) is 14.5 Å². The van der Waals surface area contributed by atoms with E-state index in [9.17, 15) is 9.59 Å². The second-order valence-corrected chi connectivity index (χ2v) is 6.24. The van der Waals surface area contributed by atoms with Gasteiger partial charge in [0.2, 0.25) is 11.8 Å². The second-order valence-electron chi connectivity index (χ2n) is 6.24. The van der Waals surface area contributed by atoms with Crippen LogP contribution in [0.5, 0.6) is 5.75 Å². The van der Waals surface area contributed by atoms with E-state index in [1.807, 2.05) is 35.2 Å². The summed E-state index contributed by atoms with van der Waals surface area (Å²) in [5.41, 5.74) is 6.58. The van der Waals surface area contributed by atoms with E-state index in [-0.39, 0.29) is 5.91 Å². The number of nitrogens with one attached hydrogen (secondary N) is 1. The lowest BCUT2D eigenvalue weighted by molar-refractivity contribution is -0.125. The zero-order valence-corrected chi connectivity index (χ0v) is 14.6. The number of carbonyl (C=O) groups is 2. The van der Waals surface area contributed by atoms with Crippen LogP contribution in [0.25, 0.3) is 0 Å². The third-order valence-electron chi connectivity index (χ3n) is 4.57. The third kappa shape index (κ3) is 4.00. The van der Waals surface area contributed by atoms with Gasteiger partial charge in [0, 0.05) is 18.8 Å². The van der Waals surface area contributed by atoms with E-state index in [2.05, 4.69) is 10.3 Å². The van der Waals surface area contributed by atoms with Gasteiger partial charge in [-0.1, -0.05) is 30.3 Å². The van der Waals surface area contributed by atoms with Crippen molar-refractivity contribution in [2.75, 3.05) is 12.4 Å². The first kappa shape index (κ1) is 17.9. The fourth-order valence-electron chi connectivity index (χ4n) is 3.28. The summed E-state index contributed by atoms with van der Waals surface area (Å²) in [6.07, 6.45) is 2.69. The number of carbonyl (C=O) groups excluding carboxylic acids is 2. The molecule has 0 saturated carbocycles. The zero-order valence-electron chi connectivity index (χ0n) is 14.6. The Kier molecular flexibility index (Phi) is 5.48. The summed E-state index contributed by atoms with van der Waals surface area (Å²) in [5.74, 6) is 0.413. The number of aromatic nitrogens is 1. The van der Waals surface area contributed by atoms with Crippen LogP contribution in [0.1, 0.15) is 18.4 Å². The second kappa shape index (κ2) is 7.97. The van der Waals surface area contributed by atoms with Gasteiger partial charge in [0.05, 0.1) is 19.2 Å². The highest BCUT2D eigenvalue weighted by atomic mass is 16.5. The number of nitrogens with two attached hydrogens (primary N) is 1. The molecule has 3 rings (SSSR count). The van der Waals surface area contributed by atoms with Gasteiger partial charge in [-0.05, 0) is 24.5 Å². The summed E-state index contributed by atoms with van der Waals surface area (Å²) in [5, 5.41) is 2.81. The fraction of sp³-hybridized carbons (Fsp3) is 0.316. The van der Waals surface area contributed by atoms with Crippen LogP contribution in [0.4, 0.5) is 5.82 Å². The number of amides is 2. The quantitative estimate of drug-likeness (QED) is 0.820. The summed E-state index contributed by atoms with van der Waals surface area (Å²) >= 11 is 0. The number of hydrogen-bond acceptors (Lipinski definition) is 5. The van der Waals surface area contributed by atoms with E-state index < -0.39 is 18.0 Å². The Morgan fingerprint density at radius 3 is 2.65 bits per heavy atom. The molecular weight excluding hydrogens is 332 g/mol. The van der Waals surface area contributed by atoms with Gasteiger partial charge < -0.3 is 15.8 Å². The Bertz CT molecular complexity index is 781. The average Bonchev–Trinajstić information content (AvgIpc) is 3.06. The highest BCUT2D eigenvalue weighted by Gasteiger charge is 2.40. The number of pyridine rings is 1. The predicted octanol–water partition coefficient (Wildman–Crippen LogP) is 1.55. The number of likely N-dealkylation sites (tertiary alicyclic amines) is 1.